The predicted molar refractivity (Wildman–Crippen MR) is 115 cm³/mol. The lowest BCUT2D eigenvalue weighted by Crippen LogP contribution is -2.60. The van der Waals surface area contributed by atoms with Gasteiger partial charge in [0.15, 0.2) is 5.11 Å². The molecule has 1 unspecified atom stereocenters. The fourth-order valence-corrected chi connectivity index (χ4v) is 4.82. The minimum atomic E-state index is 0.0278. The largest absolute Gasteiger partial charge is 0.370 e. The molecule has 2 N–H and O–H groups in total. The zero-order valence-electron chi connectivity index (χ0n) is 16.8. The molecular weight excluding hydrogens is 356 g/mol. The van der Waals surface area contributed by atoms with E-state index in [0.29, 0.717) is 25.6 Å². The summed E-state index contributed by atoms with van der Waals surface area (Å²) in [5.74, 6) is 0.0973. The number of para-hydroxylation sites is 1. The highest BCUT2D eigenvalue weighted by Gasteiger charge is 2.32. The first-order chi connectivity index (χ1) is 12.9. The number of carbonyl (C=O) groups is 1. The summed E-state index contributed by atoms with van der Waals surface area (Å²) < 4.78 is 0. The molecule has 1 saturated heterocycles. The van der Waals surface area contributed by atoms with E-state index < -0.39 is 0 Å². The molecule has 2 heterocycles. The number of carbonyl (C=O) groups excluding carboxylic acids is 1. The maximum atomic E-state index is 12.3. The van der Waals surface area contributed by atoms with Gasteiger partial charge in [-0.25, -0.2) is 0 Å². The van der Waals surface area contributed by atoms with Crippen molar-refractivity contribution in [3.05, 3.63) is 29.8 Å². The molecule has 0 aliphatic carbocycles. The number of rotatable bonds is 6. The van der Waals surface area contributed by atoms with Crippen LogP contribution in [0, 0.1) is 0 Å². The zero-order chi connectivity index (χ0) is 19.4. The Kier molecular flexibility index (Phi) is 6.25. The summed E-state index contributed by atoms with van der Waals surface area (Å²) in [6, 6.07) is 8.94. The first-order valence-electron chi connectivity index (χ1n) is 10.0. The minimum absolute atomic E-state index is 0.0278. The van der Waals surface area contributed by atoms with E-state index in [-0.39, 0.29) is 11.4 Å². The quantitative estimate of drug-likeness (QED) is 0.734. The molecule has 0 saturated carbocycles. The van der Waals surface area contributed by atoms with E-state index >= 15 is 0 Å². The van der Waals surface area contributed by atoms with Crippen LogP contribution < -0.4 is 15.5 Å². The van der Waals surface area contributed by atoms with Crippen molar-refractivity contribution in [2.45, 2.75) is 58.0 Å². The highest BCUT2D eigenvalue weighted by atomic mass is 32.1. The third-order valence-electron chi connectivity index (χ3n) is 5.53. The summed E-state index contributed by atoms with van der Waals surface area (Å²) in [5, 5.41) is 7.21. The second kappa shape index (κ2) is 8.46. The van der Waals surface area contributed by atoms with Crippen molar-refractivity contribution in [1.82, 2.24) is 15.5 Å². The second-order valence-corrected chi connectivity index (χ2v) is 8.77. The number of hydrogen-bond acceptors (Lipinski definition) is 3. The third-order valence-corrected chi connectivity index (χ3v) is 5.87. The fourth-order valence-electron chi connectivity index (χ4n) is 4.27. The number of amides is 1. The normalized spacial score (nSPS) is 21.4. The van der Waals surface area contributed by atoms with Gasteiger partial charge in [-0.15, -0.1) is 0 Å². The van der Waals surface area contributed by atoms with Crippen LogP contribution in [0.25, 0.3) is 0 Å². The predicted octanol–water partition coefficient (Wildman–Crippen LogP) is 2.69. The number of nitrogens with one attached hydrogen (secondary N) is 2. The molecule has 2 aliphatic rings. The van der Waals surface area contributed by atoms with E-state index in [9.17, 15) is 4.79 Å². The van der Waals surface area contributed by atoms with Gasteiger partial charge in [-0.1, -0.05) is 18.2 Å². The van der Waals surface area contributed by atoms with Gasteiger partial charge in [-0.3, -0.25) is 4.79 Å². The van der Waals surface area contributed by atoms with E-state index in [0.717, 1.165) is 31.0 Å². The number of anilines is 1. The Morgan fingerprint density at radius 2 is 2.11 bits per heavy atom. The highest BCUT2D eigenvalue weighted by Crippen LogP contribution is 2.26. The van der Waals surface area contributed by atoms with Crippen LogP contribution in [0.1, 0.15) is 45.6 Å². The summed E-state index contributed by atoms with van der Waals surface area (Å²) in [6.45, 7) is 9.78. The molecule has 2 aliphatic heterocycles. The first kappa shape index (κ1) is 19.9. The van der Waals surface area contributed by atoms with E-state index in [4.69, 9.17) is 12.2 Å². The lowest BCUT2D eigenvalue weighted by molar-refractivity contribution is -0.121. The number of nitrogens with zero attached hydrogens (tertiary/aromatic N) is 2. The average molecular weight is 389 g/mol. The monoisotopic (exact) mass is 388 g/mol. The highest BCUT2D eigenvalue weighted by molar-refractivity contribution is 7.80. The molecule has 27 heavy (non-hydrogen) atoms. The third kappa shape index (κ3) is 5.12. The summed E-state index contributed by atoms with van der Waals surface area (Å²) in [4.78, 5) is 16.8. The Hall–Kier alpha value is -1.82. The molecule has 5 nitrogen and oxygen atoms in total. The van der Waals surface area contributed by atoms with Crippen LogP contribution in [0.3, 0.4) is 0 Å². The van der Waals surface area contributed by atoms with Crippen LogP contribution in [-0.2, 0) is 11.2 Å². The maximum Gasteiger partial charge on any atom is 0.221 e. The van der Waals surface area contributed by atoms with Gasteiger partial charge >= 0.3 is 0 Å². The molecule has 6 heteroatoms. The van der Waals surface area contributed by atoms with Crippen LogP contribution >= 0.6 is 12.2 Å². The van der Waals surface area contributed by atoms with Gasteiger partial charge in [0.05, 0.1) is 0 Å². The Morgan fingerprint density at radius 1 is 1.33 bits per heavy atom. The van der Waals surface area contributed by atoms with E-state index in [1.165, 1.54) is 17.7 Å². The van der Waals surface area contributed by atoms with E-state index in [1.54, 1.807) is 0 Å². The van der Waals surface area contributed by atoms with Gasteiger partial charge in [-0.2, -0.15) is 0 Å². The summed E-state index contributed by atoms with van der Waals surface area (Å²) in [7, 11) is 0. The molecule has 0 bridgehead atoms. The lowest BCUT2D eigenvalue weighted by Gasteiger charge is -2.44. The summed E-state index contributed by atoms with van der Waals surface area (Å²) >= 11 is 5.49. The molecule has 0 aromatic heterocycles. The van der Waals surface area contributed by atoms with Crippen molar-refractivity contribution in [2.24, 2.45) is 0 Å². The van der Waals surface area contributed by atoms with Crippen molar-refractivity contribution < 1.29 is 4.79 Å². The van der Waals surface area contributed by atoms with Crippen LogP contribution in [0.2, 0.25) is 0 Å². The Balaban J connectivity index is 1.41. The molecule has 1 aromatic rings. The van der Waals surface area contributed by atoms with E-state index in [2.05, 4.69) is 65.5 Å². The smallest absolute Gasteiger partial charge is 0.221 e. The number of hydrogen-bond donors (Lipinski definition) is 2. The van der Waals surface area contributed by atoms with Gasteiger partial charge in [0.25, 0.3) is 0 Å². The maximum absolute atomic E-state index is 12.3. The van der Waals surface area contributed by atoms with E-state index in [1.807, 2.05) is 0 Å². The van der Waals surface area contributed by atoms with Crippen molar-refractivity contribution in [2.75, 3.05) is 31.1 Å². The molecule has 0 spiro atoms. The molecule has 0 radical (unpaired) electrons. The van der Waals surface area contributed by atoms with Crippen LogP contribution in [-0.4, -0.2) is 53.7 Å². The zero-order valence-corrected chi connectivity index (χ0v) is 17.6. The standard InChI is InChI=1S/C21H32N4OS/c1-16-15-21(2,3)23-20(27)25(16)13-10-19(26)22-11-14-24-12-6-8-17-7-4-5-9-18(17)24/h4-5,7,9,16H,6,8,10-15H2,1-3H3,(H,22,26)(H,23,27). The molecule has 1 atom stereocenters. The van der Waals surface area contributed by atoms with Crippen LogP contribution in [0.4, 0.5) is 5.69 Å². The SMILES string of the molecule is CC1CC(C)(C)NC(=S)N1CCC(=O)NCCN1CCCc2ccccc21. The minimum Gasteiger partial charge on any atom is -0.370 e. The topological polar surface area (TPSA) is 47.6 Å². The Bertz CT molecular complexity index is 691. The van der Waals surface area contributed by atoms with Gasteiger partial charge < -0.3 is 20.4 Å². The molecule has 1 aromatic carbocycles. The Labute approximate surface area is 168 Å². The molecule has 3 rings (SSSR count). The van der Waals surface area contributed by atoms with Crippen molar-refractivity contribution in [1.29, 1.82) is 0 Å². The number of thiocarbonyl (C=S) groups is 1. The molecule has 1 fully saturated rings. The fraction of sp³-hybridized carbons (Fsp3) is 0.619. The number of fused-ring (bicyclic) bond motifs is 1. The summed E-state index contributed by atoms with van der Waals surface area (Å²) in [5.41, 5.74) is 2.76. The first-order valence-corrected chi connectivity index (χ1v) is 10.4. The van der Waals surface area contributed by atoms with Crippen LogP contribution in [0.5, 0.6) is 0 Å². The second-order valence-electron chi connectivity index (χ2n) is 8.38. The van der Waals surface area contributed by atoms with Gasteiger partial charge in [-0.05, 0) is 63.9 Å². The van der Waals surface area contributed by atoms with Gasteiger partial charge in [0.2, 0.25) is 5.91 Å². The number of benzene rings is 1. The Morgan fingerprint density at radius 3 is 2.89 bits per heavy atom. The van der Waals surface area contributed by atoms with Crippen LogP contribution in [0.15, 0.2) is 24.3 Å². The van der Waals surface area contributed by atoms with Gasteiger partial charge in [0.1, 0.15) is 0 Å². The summed E-state index contributed by atoms with van der Waals surface area (Å²) in [6.07, 6.45) is 3.82. The molecule has 148 valence electrons. The molecule has 1 amide bonds. The van der Waals surface area contributed by atoms with Gasteiger partial charge in [0, 0.05) is 49.9 Å². The van der Waals surface area contributed by atoms with Crippen molar-refractivity contribution in [3.8, 4) is 0 Å². The molecular formula is C21H32N4OS. The lowest BCUT2D eigenvalue weighted by atomic mass is 9.93. The number of aryl methyl sites for hydroxylation is 1. The van der Waals surface area contributed by atoms with Crippen molar-refractivity contribution >= 4 is 28.9 Å². The van der Waals surface area contributed by atoms with Crippen molar-refractivity contribution in [3.63, 3.8) is 0 Å². The average Bonchev–Trinajstić information content (AvgIpc) is 2.60.